The van der Waals surface area contributed by atoms with Crippen molar-refractivity contribution in [1.82, 2.24) is 5.32 Å². The number of benzene rings is 2. The SMILES string of the molecule is CC(NC(=O)c1cc(Br)c2c(c1)OCCO2)c1cccc(N2CCCC2=O)c1. The molecule has 146 valence electrons. The molecule has 2 aliphatic heterocycles. The molecule has 2 aromatic rings. The minimum Gasteiger partial charge on any atom is -0.486 e. The van der Waals surface area contributed by atoms with Gasteiger partial charge >= 0.3 is 0 Å². The van der Waals surface area contributed by atoms with E-state index < -0.39 is 0 Å². The molecule has 6 nitrogen and oxygen atoms in total. The summed E-state index contributed by atoms with van der Waals surface area (Å²) in [5.74, 6) is 1.13. The first-order chi connectivity index (χ1) is 13.5. The van der Waals surface area contributed by atoms with Crippen LogP contribution in [0.1, 0.15) is 41.7 Å². The number of carbonyl (C=O) groups is 2. The van der Waals surface area contributed by atoms with Crippen molar-refractivity contribution in [2.45, 2.75) is 25.8 Å². The monoisotopic (exact) mass is 444 g/mol. The molecule has 1 fully saturated rings. The van der Waals surface area contributed by atoms with E-state index in [1.54, 1.807) is 17.0 Å². The van der Waals surface area contributed by atoms with E-state index in [2.05, 4.69) is 21.2 Å². The van der Waals surface area contributed by atoms with Gasteiger partial charge in [0.05, 0.1) is 10.5 Å². The van der Waals surface area contributed by atoms with Gasteiger partial charge in [-0.15, -0.1) is 0 Å². The molecule has 2 amide bonds. The molecule has 2 aliphatic rings. The highest BCUT2D eigenvalue weighted by Gasteiger charge is 2.23. The van der Waals surface area contributed by atoms with Crippen LogP contribution in [0.15, 0.2) is 40.9 Å². The van der Waals surface area contributed by atoms with Crippen LogP contribution in [0.2, 0.25) is 0 Å². The molecule has 28 heavy (non-hydrogen) atoms. The summed E-state index contributed by atoms with van der Waals surface area (Å²) in [5, 5.41) is 3.02. The molecule has 1 atom stereocenters. The zero-order valence-electron chi connectivity index (χ0n) is 15.5. The second kappa shape index (κ2) is 7.83. The summed E-state index contributed by atoms with van der Waals surface area (Å²) in [4.78, 5) is 26.6. The fourth-order valence-electron chi connectivity index (χ4n) is 3.49. The van der Waals surface area contributed by atoms with Crippen molar-refractivity contribution >= 4 is 33.4 Å². The number of nitrogens with one attached hydrogen (secondary N) is 1. The van der Waals surface area contributed by atoms with E-state index in [1.165, 1.54) is 0 Å². The second-order valence-corrected chi connectivity index (χ2v) is 7.78. The Morgan fingerprint density at radius 1 is 1.21 bits per heavy atom. The Hall–Kier alpha value is -2.54. The number of carbonyl (C=O) groups excluding carboxylic acids is 2. The molecular formula is C21H21BrN2O4. The number of halogens is 1. The first kappa shape index (κ1) is 18.8. The molecule has 0 bridgehead atoms. The topological polar surface area (TPSA) is 67.9 Å². The molecule has 0 aromatic heterocycles. The lowest BCUT2D eigenvalue weighted by Crippen LogP contribution is -2.28. The Morgan fingerprint density at radius 3 is 2.82 bits per heavy atom. The number of hydrogen-bond acceptors (Lipinski definition) is 4. The van der Waals surface area contributed by atoms with Gasteiger partial charge in [-0.3, -0.25) is 9.59 Å². The van der Waals surface area contributed by atoms with Crippen molar-refractivity contribution < 1.29 is 19.1 Å². The Labute approximate surface area is 171 Å². The first-order valence-corrected chi connectivity index (χ1v) is 10.1. The first-order valence-electron chi connectivity index (χ1n) is 9.33. The van der Waals surface area contributed by atoms with Crippen molar-refractivity contribution in [3.05, 3.63) is 52.0 Å². The molecule has 2 aromatic carbocycles. The van der Waals surface area contributed by atoms with Crippen LogP contribution in [0.25, 0.3) is 0 Å². The van der Waals surface area contributed by atoms with E-state index in [-0.39, 0.29) is 17.9 Å². The standard InChI is InChI=1S/C21H21BrN2O4/c1-13(14-4-2-5-16(10-14)24-7-3-6-19(24)25)23-21(26)15-11-17(22)20-18(12-15)27-8-9-28-20/h2,4-5,10-13H,3,6-9H2,1H3,(H,23,26). The van der Waals surface area contributed by atoms with Gasteiger partial charge < -0.3 is 19.7 Å². The maximum absolute atomic E-state index is 12.8. The summed E-state index contributed by atoms with van der Waals surface area (Å²) in [7, 11) is 0. The van der Waals surface area contributed by atoms with E-state index in [1.807, 2.05) is 31.2 Å². The molecule has 0 aliphatic carbocycles. The van der Waals surface area contributed by atoms with Crippen LogP contribution in [0.3, 0.4) is 0 Å². The van der Waals surface area contributed by atoms with Crippen molar-refractivity contribution in [1.29, 1.82) is 0 Å². The maximum atomic E-state index is 12.8. The minimum atomic E-state index is -0.211. The van der Waals surface area contributed by atoms with Crippen LogP contribution in [0, 0.1) is 0 Å². The normalized spacial score (nSPS) is 16.8. The summed E-state index contributed by atoms with van der Waals surface area (Å²) < 4.78 is 11.9. The second-order valence-electron chi connectivity index (χ2n) is 6.92. The average Bonchev–Trinajstić information content (AvgIpc) is 3.14. The third kappa shape index (κ3) is 3.71. The van der Waals surface area contributed by atoms with Gasteiger partial charge in [-0.05, 0) is 59.1 Å². The number of anilines is 1. The zero-order chi connectivity index (χ0) is 19.7. The van der Waals surface area contributed by atoms with E-state index in [0.717, 1.165) is 24.2 Å². The van der Waals surface area contributed by atoms with Gasteiger partial charge in [0.15, 0.2) is 11.5 Å². The summed E-state index contributed by atoms with van der Waals surface area (Å²) in [5.41, 5.74) is 2.32. The minimum absolute atomic E-state index is 0.148. The lowest BCUT2D eigenvalue weighted by atomic mass is 10.1. The predicted molar refractivity (Wildman–Crippen MR) is 109 cm³/mol. The molecule has 1 saturated heterocycles. The summed E-state index contributed by atoms with van der Waals surface area (Å²) in [6.07, 6.45) is 1.48. The van der Waals surface area contributed by atoms with Crippen molar-refractivity contribution in [3.63, 3.8) is 0 Å². The van der Waals surface area contributed by atoms with Crippen molar-refractivity contribution in [2.75, 3.05) is 24.7 Å². The lowest BCUT2D eigenvalue weighted by Gasteiger charge is -2.21. The van der Waals surface area contributed by atoms with Crippen molar-refractivity contribution in [2.24, 2.45) is 0 Å². The Morgan fingerprint density at radius 2 is 2.04 bits per heavy atom. The molecule has 0 spiro atoms. The Balaban J connectivity index is 1.51. The van der Waals surface area contributed by atoms with Gasteiger partial charge in [-0.1, -0.05) is 12.1 Å². The van der Waals surface area contributed by atoms with Crippen molar-refractivity contribution in [3.8, 4) is 11.5 Å². The van der Waals surface area contributed by atoms with Crippen LogP contribution in [-0.4, -0.2) is 31.6 Å². The van der Waals surface area contributed by atoms with Gasteiger partial charge in [-0.2, -0.15) is 0 Å². The van der Waals surface area contributed by atoms with E-state index in [4.69, 9.17) is 9.47 Å². The molecule has 0 saturated carbocycles. The largest absolute Gasteiger partial charge is 0.486 e. The fraction of sp³-hybridized carbons (Fsp3) is 0.333. The Bertz CT molecular complexity index is 931. The highest BCUT2D eigenvalue weighted by atomic mass is 79.9. The average molecular weight is 445 g/mol. The fourth-order valence-corrected chi connectivity index (χ4v) is 4.04. The highest BCUT2D eigenvalue weighted by molar-refractivity contribution is 9.10. The third-order valence-corrected chi connectivity index (χ3v) is 5.55. The van der Waals surface area contributed by atoms with Gasteiger partial charge in [0, 0.05) is 24.2 Å². The molecule has 7 heteroatoms. The lowest BCUT2D eigenvalue weighted by molar-refractivity contribution is -0.117. The summed E-state index contributed by atoms with van der Waals surface area (Å²) >= 11 is 3.44. The van der Waals surface area contributed by atoms with Gasteiger partial charge in [-0.25, -0.2) is 0 Å². The van der Waals surface area contributed by atoms with Crippen LogP contribution in [0.5, 0.6) is 11.5 Å². The Kier molecular flexibility index (Phi) is 5.26. The number of ether oxygens (including phenoxy) is 2. The van der Waals surface area contributed by atoms with E-state index in [9.17, 15) is 9.59 Å². The molecule has 1 unspecified atom stereocenters. The summed E-state index contributed by atoms with van der Waals surface area (Å²) in [6.45, 7) is 3.62. The number of fused-ring (bicyclic) bond motifs is 1. The van der Waals surface area contributed by atoms with E-state index >= 15 is 0 Å². The van der Waals surface area contributed by atoms with Crippen LogP contribution in [-0.2, 0) is 4.79 Å². The van der Waals surface area contributed by atoms with Crippen LogP contribution in [0.4, 0.5) is 5.69 Å². The predicted octanol–water partition coefficient (Wildman–Crippen LogP) is 3.84. The number of nitrogens with zero attached hydrogens (tertiary/aromatic N) is 1. The molecular weight excluding hydrogens is 424 g/mol. The van der Waals surface area contributed by atoms with Crippen LogP contribution >= 0.6 is 15.9 Å². The van der Waals surface area contributed by atoms with Crippen LogP contribution < -0.4 is 19.7 Å². The number of hydrogen-bond donors (Lipinski definition) is 1. The third-order valence-electron chi connectivity index (χ3n) is 4.96. The number of amides is 2. The number of rotatable bonds is 4. The molecule has 4 rings (SSSR count). The quantitative estimate of drug-likeness (QED) is 0.777. The zero-order valence-corrected chi connectivity index (χ0v) is 17.1. The van der Waals surface area contributed by atoms with Gasteiger partial charge in [0.1, 0.15) is 13.2 Å². The summed E-state index contributed by atoms with van der Waals surface area (Å²) in [6, 6.07) is 11.0. The molecule has 2 heterocycles. The van der Waals surface area contributed by atoms with Gasteiger partial charge in [0.2, 0.25) is 5.91 Å². The highest BCUT2D eigenvalue weighted by Crippen LogP contribution is 2.38. The molecule has 1 N–H and O–H groups in total. The smallest absolute Gasteiger partial charge is 0.251 e. The van der Waals surface area contributed by atoms with E-state index in [0.29, 0.717) is 41.2 Å². The van der Waals surface area contributed by atoms with Gasteiger partial charge in [0.25, 0.3) is 5.91 Å². The molecule has 0 radical (unpaired) electrons. The maximum Gasteiger partial charge on any atom is 0.251 e.